The number of anilines is 1. The number of phenolic OH excluding ortho intramolecular Hbond substituents is 1. The number of nitrogens with zero attached hydrogens (tertiary/aromatic N) is 1. The van der Waals surface area contributed by atoms with Gasteiger partial charge in [-0.2, -0.15) is 0 Å². The van der Waals surface area contributed by atoms with Crippen molar-refractivity contribution in [3.05, 3.63) is 89.5 Å². The van der Waals surface area contributed by atoms with Crippen LogP contribution in [0, 0.1) is 0 Å². The van der Waals surface area contributed by atoms with Crippen molar-refractivity contribution in [3.8, 4) is 5.75 Å². The van der Waals surface area contributed by atoms with Crippen molar-refractivity contribution in [3.63, 3.8) is 0 Å². The predicted molar refractivity (Wildman–Crippen MR) is 135 cm³/mol. The number of benzene rings is 3. The van der Waals surface area contributed by atoms with Crippen LogP contribution < -0.4 is 4.72 Å². The van der Waals surface area contributed by atoms with Crippen LogP contribution in [-0.4, -0.2) is 18.5 Å². The summed E-state index contributed by atoms with van der Waals surface area (Å²) in [6.45, 7) is 1.99. The van der Waals surface area contributed by atoms with Gasteiger partial charge in [0.25, 0.3) is 10.0 Å². The van der Waals surface area contributed by atoms with Gasteiger partial charge >= 0.3 is 0 Å². The number of allylic oxidation sites excluding steroid dienone is 4. The van der Waals surface area contributed by atoms with Crippen molar-refractivity contribution in [2.24, 2.45) is 0 Å². The van der Waals surface area contributed by atoms with E-state index < -0.39 is 10.0 Å². The van der Waals surface area contributed by atoms with Crippen LogP contribution >= 0.6 is 11.8 Å². The SMILES string of the molecule is CC1=CC=C(S(=O)(=O)Nc2cc(Sc3cccc4cccnc34)c(O)c3ccccc23)CC1. The summed E-state index contributed by atoms with van der Waals surface area (Å²) in [6, 6.07) is 18.7. The molecule has 0 bridgehead atoms. The molecule has 4 aromatic rings. The highest BCUT2D eigenvalue weighted by Gasteiger charge is 2.22. The van der Waals surface area contributed by atoms with E-state index in [1.807, 2.05) is 55.5 Å². The Kier molecular flexibility index (Phi) is 5.60. The predicted octanol–water partition coefficient (Wildman–Crippen LogP) is 6.61. The summed E-state index contributed by atoms with van der Waals surface area (Å²) < 4.78 is 29.1. The summed E-state index contributed by atoms with van der Waals surface area (Å²) >= 11 is 1.36. The summed E-state index contributed by atoms with van der Waals surface area (Å²) in [5, 5.41) is 13.3. The highest BCUT2D eigenvalue weighted by Crippen LogP contribution is 2.44. The maximum absolute atomic E-state index is 13.1. The number of phenols is 1. The largest absolute Gasteiger partial charge is 0.506 e. The average Bonchev–Trinajstić information content (AvgIpc) is 2.82. The Balaban J connectivity index is 1.61. The van der Waals surface area contributed by atoms with Crippen molar-refractivity contribution in [1.82, 2.24) is 4.98 Å². The molecule has 3 aromatic carbocycles. The Morgan fingerprint density at radius 1 is 0.939 bits per heavy atom. The molecular weight excluding hydrogens is 452 g/mol. The van der Waals surface area contributed by atoms with Gasteiger partial charge in [0.15, 0.2) is 0 Å². The lowest BCUT2D eigenvalue weighted by Gasteiger charge is -2.17. The molecular formula is C26H22N2O3S2. The van der Waals surface area contributed by atoms with Crippen LogP contribution in [0.1, 0.15) is 19.8 Å². The standard InChI is InChI=1S/C26H22N2O3S2/c1-17-11-13-19(14-12-17)33(30,31)28-22-16-24(26(29)21-9-3-2-8-20(21)22)32-23-10-4-6-18-7-5-15-27-25(18)23/h2-11,13,15-16,28-29H,12,14H2,1H3. The van der Waals surface area contributed by atoms with Gasteiger partial charge in [-0.25, -0.2) is 8.42 Å². The number of hydrogen-bond acceptors (Lipinski definition) is 5. The molecule has 0 saturated carbocycles. The maximum atomic E-state index is 13.1. The molecule has 0 atom stereocenters. The zero-order valence-corrected chi connectivity index (χ0v) is 19.6. The summed E-state index contributed by atoms with van der Waals surface area (Å²) in [5.74, 6) is 0.113. The fourth-order valence-electron chi connectivity index (χ4n) is 3.93. The number of para-hydroxylation sites is 1. The zero-order chi connectivity index (χ0) is 23.0. The minimum atomic E-state index is -3.73. The first-order valence-corrected chi connectivity index (χ1v) is 12.9. The van der Waals surface area contributed by atoms with Crippen molar-refractivity contribution < 1.29 is 13.5 Å². The molecule has 1 aliphatic rings. The Bertz CT molecular complexity index is 1550. The van der Waals surface area contributed by atoms with Gasteiger partial charge in [-0.1, -0.05) is 65.9 Å². The topological polar surface area (TPSA) is 79.3 Å². The number of rotatable bonds is 5. The van der Waals surface area contributed by atoms with E-state index in [1.54, 1.807) is 30.5 Å². The van der Waals surface area contributed by atoms with Gasteiger partial charge in [-0.15, -0.1) is 0 Å². The van der Waals surface area contributed by atoms with Gasteiger partial charge in [0.2, 0.25) is 0 Å². The van der Waals surface area contributed by atoms with E-state index in [-0.39, 0.29) is 5.75 Å². The van der Waals surface area contributed by atoms with Crippen LogP contribution in [0.4, 0.5) is 5.69 Å². The Hall–Kier alpha value is -3.29. The molecule has 1 aliphatic carbocycles. The lowest BCUT2D eigenvalue weighted by atomic mass is 10.1. The fraction of sp³-hybridized carbons (Fsp3) is 0.115. The average molecular weight is 475 g/mol. The third-order valence-corrected chi connectivity index (χ3v) is 8.31. The zero-order valence-electron chi connectivity index (χ0n) is 17.9. The summed E-state index contributed by atoms with van der Waals surface area (Å²) in [5.41, 5.74) is 2.42. The number of pyridine rings is 1. The van der Waals surface area contributed by atoms with Crippen LogP contribution in [0.3, 0.4) is 0 Å². The summed E-state index contributed by atoms with van der Waals surface area (Å²) in [7, 11) is -3.73. The van der Waals surface area contributed by atoms with E-state index >= 15 is 0 Å². The van der Waals surface area contributed by atoms with Gasteiger partial charge in [-0.3, -0.25) is 9.71 Å². The highest BCUT2D eigenvalue weighted by atomic mass is 32.2. The van der Waals surface area contributed by atoms with Crippen molar-refractivity contribution in [1.29, 1.82) is 0 Å². The Labute approximate surface area is 196 Å². The molecule has 1 heterocycles. The van der Waals surface area contributed by atoms with E-state index in [4.69, 9.17) is 0 Å². The van der Waals surface area contributed by atoms with Gasteiger partial charge in [-0.05, 0) is 44.0 Å². The van der Waals surface area contributed by atoms with E-state index in [0.717, 1.165) is 27.8 Å². The van der Waals surface area contributed by atoms with Gasteiger partial charge < -0.3 is 5.11 Å². The molecule has 0 aliphatic heterocycles. The molecule has 0 fully saturated rings. The van der Waals surface area contributed by atoms with Crippen LogP contribution in [0.5, 0.6) is 5.75 Å². The quantitative estimate of drug-likeness (QED) is 0.318. The third kappa shape index (κ3) is 4.21. The molecule has 2 N–H and O–H groups in total. The second kappa shape index (κ2) is 8.57. The molecule has 7 heteroatoms. The lowest BCUT2D eigenvalue weighted by molar-refractivity contribution is 0.469. The first-order valence-electron chi connectivity index (χ1n) is 10.6. The number of hydrogen-bond donors (Lipinski definition) is 2. The summed E-state index contributed by atoms with van der Waals surface area (Å²) in [6.07, 6.45) is 6.44. The fourth-order valence-corrected chi connectivity index (χ4v) is 6.17. The molecule has 0 radical (unpaired) electrons. The molecule has 0 unspecified atom stereocenters. The Morgan fingerprint density at radius 3 is 2.52 bits per heavy atom. The third-order valence-electron chi connectivity index (χ3n) is 5.71. The highest BCUT2D eigenvalue weighted by molar-refractivity contribution is 7.99. The molecule has 0 amide bonds. The van der Waals surface area contributed by atoms with Crippen LogP contribution in [0.15, 0.2) is 99.3 Å². The Morgan fingerprint density at radius 2 is 1.73 bits per heavy atom. The van der Waals surface area contributed by atoms with Crippen molar-refractivity contribution >= 4 is 49.1 Å². The smallest absolute Gasteiger partial charge is 0.258 e. The normalized spacial score (nSPS) is 14.2. The first kappa shape index (κ1) is 21.6. The van der Waals surface area contributed by atoms with Gasteiger partial charge in [0.05, 0.1) is 21.0 Å². The number of aromatic hydroxyl groups is 1. The van der Waals surface area contributed by atoms with Crippen molar-refractivity contribution in [2.45, 2.75) is 29.6 Å². The van der Waals surface area contributed by atoms with Crippen LogP contribution in [0.25, 0.3) is 21.7 Å². The molecule has 1 aromatic heterocycles. The van der Waals surface area contributed by atoms with E-state index in [0.29, 0.717) is 32.7 Å². The monoisotopic (exact) mass is 474 g/mol. The minimum absolute atomic E-state index is 0.113. The molecule has 33 heavy (non-hydrogen) atoms. The number of sulfonamides is 1. The van der Waals surface area contributed by atoms with Crippen molar-refractivity contribution in [2.75, 3.05) is 4.72 Å². The molecule has 5 nitrogen and oxygen atoms in total. The number of aromatic nitrogens is 1. The maximum Gasteiger partial charge on any atom is 0.258 e. The summed E-state index contributed by atoms with van der Waals surface area (Å²) in [4.78, 5) is 6.28. The number of fused-ring (bicyclic) bond motifs is 2. The van der Waals surface area contributed by atoms with Gasteiger partial charge in [0.1, 0.15) is 5.75 Å². The second-order valence-electron chi connectivity index (χ2n) is 8.00. The van der Waals surface area contributed by atoms with E-state index in [1.165, 1.54) is 11.8 Å². The minimum Gasteiger partial charge on any atom is -0.506 e. The van der Waals surface area contributed by atoms with Crippen LogP contribution in [0.2, 0.25) is 0 Å². The molecule has 0 spiro atoms. The van der Waals surface area contributed by atoms with Crippen LogP contribution in [-0.2, 0) is 10.0 Å². The first-order chi connectivity index (χ1) is 15.9. The van der Waals surface area contributed by atoms with E-state index in [2.05, 4.69) is 9.71 Å². The molecule has 166 valence electrons. The van der Waals surface area contributed by atoms with Gasteiger partial charge in [0, 0.05) is 27.3 Å². The lowest BCUT2D eigenvalue weighted by Crippen LogP contribution is -2.16. The van der Waals surface area contributed by atoms with E-state index in [9.17, 15) is 13.5 Å². The molecule has 5 rings (SSSR count). The second-order valence-corrected chi connectivity index (χ2v) is 10.8. The molecule has 0 saturated heterocycles. The number of nitrogens with one attached hydrogen (secondary N) is 1.